The Morgan fingerprint density at radius 1 is 1.11 bits per heavy atom. The van der Waals surface area contributed by atoms with Crippen LogP contribution in [0.3, 0.4) is 0 Å². The third kappa shape index (κ3) is 5.41. The van der Waals surface area contributed by atoms with E-state index in [9.17, 15) is 18.0 Å². The fourth-order valence-electron chi connectivity index (χ4n) is 2.30. The summed E-state index contributed by atoms with van der Waals surface area (Å²) >= 11 is 0. The van der Waals surface area contributed by atoms with E-state index in [2.05, 4.69) is 21.3 Å². The van der Waals surface area contributed by atoms with Gasteiger partial charge in [-0.25, -0.2) is 8.42 Å². The van der Waals surface area contributed by atoms with Crippen LogP contribution < -0.4 is 15.4 Å². The minimum Gasteiger partial charge on any atom is -0.326 e. The summed E-state index contributed by atoms with van der Waals surface area (Å²) < 4.78 is 26.5. The van der Waals surface area contributed by atoms with Gasteiger partial charge in [-0.15, -0.1) is 6.42 Å². The van der Waals surface area contributed by atoms with Crippen molar-refractivity contribution in [2.24, 2.45) is 0 Å². The maximum Gasteiger partial charge on any atom is 0.255 e. The maximum atomic E-state index is 12.5. The first-order valence-corrected chi connectivity index (χ1v) is 9.44. The Kier molecular flexibility index (Phi) is 6.34. The predicted molar refractivity (Wildman–Crippen MR) is 104 cm³/mol. The minimum atomic E-state index is -3.79. The normalized spacial score (nSPS) is 10.7. The molecule has 2 aromatic rings. The second-order valence-electron chi connectivity index (χ2n) is 5.72. The van der Waals surface area contributed by atoms with Crippen LogP contribution in [0.2, 0.25) is 0 Å². The number of hydrogen-bond acceptors (Lipinski definition) is 4. The zero-order chi connectivity index (χ0) is 20.0. The highest BCUT2D eigenvalue weighted by Gasteiger charge is 2.16. The molecule has 0 aliphatic rings. The van der Waals surface area contributed by atoms with Crippen molar-refractivity contribution in [1.82, 2.24) is 4.72 Å². The number of benzene rings is 2. The van der Waals surface area contributed by atoms with Gasteiger partial charge in [0.25, 0.3) is 5.91 Å². The summed E-state index contributed by atoms with van der Waals surface area (Å²) in [5.74, 6) is 1.54. The van der Waals surface area contributed by atoms with Crippen molar-refractivity contribution in [2.45, 2.75) is 18.7 Å². The van der Waals surface area contributed by atoms with E-state index in [1.165, 1.54) is 31.2 Å². The van der Waals surface area contributed by atoms with Crippen LogP contribution in [0.15, 0.2) is 47.4 Å². The van der Waals surface area contributed by atoms with E-state index in [0.717, 1.165) is 5.56 Å². The first-order chi connectivity index (χ1) is 12.7. The molecule has 2 aromatic carbocycles. The number of terminal acetylenes is 1. The second kappa shape index (κ2) is 8.49. The lowest BCUT2D eigenvalue weighted by atomic mass is 10.1. The van der Waals surface area contributed by atoms with Gasteiger partial charge in [0.05, 0.1) is 11.4 Å². The second-order valence-corrected chi connectivity index (χ2v) is 7.49. The summed E-state index contributed by atoms with van der Waals surface area (Å²) in [5, 5.41) is 5.39. The lowest BCUT2D eigenvalue weighted by Crippen LogP contribution is -2.24. The first-order valence-electron chi connectivity index (χ1n) is 7.96. The smallest absolute Gasteiger partial charge is 0.255 e. The van der Waals surface area contributed by atoms with E-state index < -0.39 is 15.9 Å². The van der Waals surface area contributed by atoms with Gasteiger partial charge in [0.2, 0.25) is 15.9 Å². The summed E-state index contributed by atoms with van der Waals surface area (Å²) in [7, 11) is -3.79. The Bertz CT molecular complexity index is 1020. The van der Waals surface area contributed by atoms with Gasteiger partial charge in [0, 0.05) is 23.9 Å². The predicted octanol–water partition coefficient (Wildman–Crippen LogP) is 2.12. The Hall–Kier alpha value is -3.15. The summed E-state index contributed by atoms with van der Waals surface area (Å²) in [6.07, 6.45) is 5.06. The molecule has 0 aliphatic heterocycles. The van der Waals surface area contributed by atoms with E-state index >= 15 is 0 Å². The van der Waals surface area contributed by atoms with Crippen molar-refractivity contribution < 1.29 is 18.0 Å². The Labute approximate surface area is 158 Å². The number of rotatable bonds is 6. The van der Waals surface area contributed by atoms with Gasteiger partial charge in [-0.2, -0.15) is 4.72 Å². The maximum absolute atomic E-state index is 12.5. The standard InChI is InChI=1S/C19H19N3O4S/c1-4-10-20-27(25,26)17-7-5-6-15(12-17)19(24)22-16-8-9-18(13(2)11-16)21-14(3)23/h1,5-9,11-12,20H,10H2,2-3H3,(H,21,23)(H,22,24). The molecule has 0 atom stereocenters. The number of amides is 2. The number of carbonyl (C=O) groups is 2. The number of hydrogen-bond donors (Lipinski definition) is 3. The Balaban J connectivity index is 2.19. The van der Waals surface area contributed by atoms with E-state index in [-0.39, 0.29) is 22.9 Å². The van der Waals surface area contributed by atoms with Gasteiger partial charge in [0.1, 0.15) is 0 Å². The molecule has 0 aromatic heterocycles. The quantitative estimate of drug-likeness (QED) is 0.663. The van der Waals surface area contributed by atoms with Crippen LogP contribution in [0.5, 0.6) is 0 Å². The number of sulfonamides is 1. The van der Waals surface area contributed by atoms with E-state index in [1.807, 2.05) is 0 Å². The van der Waals surface area contributed by atoms with Crippen molar-refractivity contribution in [2.75, 3.05) is 17.2 Å². The molecule has 0 spiro atoms. The largest absolute Gasteiger partial charge is 0.326 e. The molecule has 8 heteroatoms. The molecule has 27 heavy (non-hydrogen) atoms. The molecule has 0 unspecified atom stereocenters. The van der Waals surface area contributed by atoms with Crippen molar-refractivity contribution in [1.29, 1.82) is 0 Å². The zero-order valence-corrected chi connectivity index (χ0v) is 15.7. The molecule has 2 rings (SSSR count). The fraction of sp³-hybridized carbons (Fsp3) is 0.158. The third-order valence-corrected chi connectivity index (χ3v) is 4.96. The van der Waals surface area contributed by atoms with Crippen LogP contribution in [-0.4, -0.2) is 26.8 Å². The van der Waals surface area contributed by atoms with Gasteiger partial charge in [-0.05, 0) is 48.9 Å². The van der Waals surface area contributed by atoms with Crippen molar-refractivity contribution in [3.63, 3.8) is 0 Å². The molecule has 0 bridgehead atoms. The Morgan fingerprint density at radius 2 is 1.85 bits per heavy atom. The van der Waals surface area contributed by atoms with Gasteiger partial charge in [0.15, 0.2) is 0 Å². The monoisotopic (exact) mass is 385 g/mol. The summed E-state index contributed by atoms with van der Waals surface area (Å²) in [6.45, 7) is 3.07. The van der Waals surface area contributed by atoms with Crippen LogP contribution in [0, 0.1) is 19.3 Å². The van der Waals surface area contributed by atoms with Crippen LogP contribution in [0.25, 0.3) is 0 Å². The van der Waals surface area contributed by atoms with Gasteiger partial charge < -0.3 is 10.6 Å². The van der Waals surface area contributed by atoms with Crippen LogP contribution in [-0.2, 0) is 14.8 Å². The molecule has 0 fully saturated rings. The SMILES string of the molecule is C#CCNS(=O)(=O)c1cccc(C(=O)Nc2ccc(NC(C)=O)c(C)c2)c1. The van der Waals surface area contributed by atoms with Crippen LogP contribution >= 0.6 is 0 Å². The molecule has 2 amide bonds. The average molecular weight is 385 g/mol. The lowest BCUT2D eigenvalue weighted by molar-refractivity contribution is -0.114. The first kappa shape index (κ1) is 20.2. The molecule has 0 heterocycles. The van der Waals surface area contributed by atoms with E-state index in [4.69, 9.17) is 6.42 Å². The number of aryl methyl sites for hydroxylation is 1. The van der Waals surface area contributed by atoms with Crippen LogP contribution in [0.4, 0.5) is 11.4 Å². The minimum absolute atomic E-state index is 0.0532. The van der Waals surface area contributed by atoms with Gasteiger partial charge >= 0.3 is 0 Å². The topological polar surface area (TPSA) is 104 Å². The average Bonchev–Trinajstić information content (AvgIpc) is 2.62. The highest BCUT2D eigenvalue weighted by atomic mass is 32.2. The molecule has 3 N–H and O–H groups in total. The van der Waals surface area contributed by atoms with Crippen molar-refractivity contribution in [3.05, 3.63) is 53.6 Å². The molecule has 0 aliphatic carbocycles. The Morgan fingerprint density at radius 3 is 2.48 bits per heavy atom. The summed E-state index contributed by atoms with van der Waals surface area (Å²) in [4.78, 5) is 23.5. The molecule has 0 radical (unpaired) electrons. The van der Waals surface area contributed by atoms with Gasteiger partial charge in [-0.3, -0.25) is 9.59 Å². The molecule has 0 saturated heterocycles. The molecule has 7 nitrogen and oxygen atoms in total. The zero-order valence-electron chi connectivity index (χ0n) is 14.9. The highest BCUT2D eigenvalue weighted by Crippen LogP contribution is 2.20. The molecule has 0 saturated carbocycles. The molecule has 140 valence electrons. The van der Waals surface area contributed by atoms with Crippen molar-refractivity contribution >= 4 is 33.2 Å². The highest BCUT2D eigenvalue weighted by molar-refractivity contribution is 7.89. The van der Waals surface area contributed by atoms with Crippen molar-refractivity contribution in [3.8, 4) is 12.3 Å². The fourth-order valence-corrected chi connectivity index (χ4v) is 3.28. The number of nitrogens with one attached hydrogen (secondary N) is 3. The van der Waals surface area contributed by atoms with Crippen LogP contribution in [0.1, 0.15) is 22.8 Å². The molecular weight excluding hydrogens is 366 g/mol. The number of anilines is 2. The van der Waals surface area contributed by atoms with E-state index in [1.54, 1.807) is 25.1 Å². The number of carbonyl (C=O) groups excluding carboxylic acids is 2. The summed E-state index contributed by atoms with van der Waals surface area (Å²) in [5.41, 5.74) is 2.12. The van der Waals surface area contributed by atoms with Gasteiger partial charge in [-0.1, -0.05) is 12.0 Å². The molecular formula is C19H19N3O4S. The third-order valence-electron chi connectivity index (χ3n) is 3.57. The summed E-state index contributed by atoms with van der Waals surface area (Å²) in [6, 6.07) is 10.7. The lowest BCUT2D eigenvalue weighted by Gasteiger charge is -2.11. The van der Waals surface area contributed by atoms with E-state index in [0.29, 0.717) is 11.4 Å².